The Kier molecular flexibility index (Phi) is 4.01. The van der Waals surface area contributed by atoms with Gasteiger partial charge in [0.25, 0.3) is 0 Å². The predicted molar refractivity (Wildman–Crippen MR) is 100 cm³/mol. The van der Waals surface area contributed by atoms with Crippen LogP contribution < -0.4 is 10.1 Å². The first-order valence-electron chi connectivity index (χ1n) is 8.17. The van der Waals surface area contributed by atoms with Crippen LogP contribution in [0.25, 0.3) is 22.0 Å². The molecule has 2 heterocycles. The largest absolute Gasteiger partial charge is 0.496 e. The van der Waals surface area contributed by atoms with Gasteiger partial charge >= 0.3 is 0 Å². The van der Waals surface area contributed by atoms with Crippen molar-refractivity contribution in [3.05, 3.63) is 66.1 Å². The van der Waals surface area contributed by atoms with Gasteiger partial charge in [0.1, 0.15) is 17.4 Å². The number of hydrogen-bond acceptors (Lipinski definition) is 4. The van der Waals surface area contributed by atoms with E-state index in [1.807, 2.05) is 37.3 Å². The molecule has 2 aromatic carbocycles. The number of aromatic nitrogens is 3. The minimum Gasteiger partial charge on any atom is -0.496 e. The van der Waals surface area contributed by atoms with Gasteiger partial charge in [-0.2, -0.15) is 5.10 Å². The maximum absolute atomic E-state index is 14.4. The molecule has 4 rings (SSSR count). The Hall–Kier alpha value is -3.41. The number of ether oxygens (including phenoxy) is 1. The number of aromatic amines is 1. The Morgan fingerprint density at radius 2 is 1.85 bits per heavy atom. The van der Waals surface area contributed by atoms with Crippen LogP contribution in [0.2, 0.25) is 0 Å². The monoisotopic (exact) mass is 348 g/mol. The number of nitrogens with zero attached hydrogens (tertiary/aromatic N) is 2. The Balaban J connectivity index is 1.95. The van der Waals surface area contributed by atoms with Gasteiger partial charge in [-0.05, 0) is 31.2 Å². The highest BCUT2D eigenvalue weighted by molar-refractivity contribution is 6.00. The van der Waals surface area contributed by atoms with E-state index in [0.29, 0.717) is 28.6 Å². The molecule has 0 aliphatic rings. The van der Waals surface area contributed by atoms with Crippen LogP contribution >= 0.6 is 0 Å². The molecule has 0 bridgehead atoms. The lowest BCUT2D eigenvalue weighted by Gasteiger charge is -2.13. The van der Waals surface area contributed by atoms with Crippen molar-refractivity contribution in [2.24, 2.45) is 0 Å². The lowest BCUT2D eigenvalue weighted by molar-refractivity contribution is 0.420. The Morgan fingerprint density at radius 3 is 2.58 bits per heavy atom. The molecule has 0 unspecified atom stereocenters. The number of H-pyrrole nitrogens is 1. The van der Waals surface area contributed by atoms with Gasteiger partial charge in [0.05, 0.1) is 12.8 Å². The second-order valence-electron chi connectivity index (χ2n) is 5.95. The number of halogens is 1. The molecule has 4 aromatic rings. The van der Waals surface area contributed by atoms with Gasteiger partial charge in [-0.1, -0.05) is 24.3 Å². The maximum Gasteiger partial charge on any atom is 0.153 e. The Bertz CT molecular complexity index is 1090. The number of aryl methyl sites for hydroxylation is 1. The molecular formula is C20H17FN4O. The smallest absolute Gasteiger partial charge is 0.153 e. The minimum absolute atomic E-state index is 0.322. The van der Waals surface area contributed by atoms with Crippen molar-refractivity contribution in [3.63, 3.8) is 0 Å². The van der Waals surface area contributed by atoms with Crippen molar-refractivity contribution in [2.45, 2.75) is 6.92 Å². The number of fused-ring (bicyclic) bond motifs is 1. The van der Waals surface area contributed by atoms with Crippen LogP contribution in [0.15, 0.2) is 54.6 Å². The summed E-state index contributed by atoms with van der Waals surface area (Å²) in [5, 5.41) is 11.9. The van der Waals surface area contributed by atoms with E-state index in [4.69, 9.17) is 4.74 Å². The van der Waals surface area contributed by atoms with E-state index in [0.717, 1.165) is 16.5 Å². The third-order valence-corrected chi connectivity index (χ3v) is 4.15. The van der Waals surface area contributed by atoms with E-state index in [1.165, 1.54) is 6.07 Å². The van der Waals surface area contributed by atoms with Crippen molar-refractivity contribution in [1.82, 2.24) is 15.2 Å². The van der Waals surface area contributed by atoms with E-state index in [2.05, 4.69) is 20.5 Å². The predicted octanol–water partition coefficient (Wildman–Crippen LogP) is 4.82. The first-order chi connectivity index (χ1) is 12.7. The van der Waals surface area contributed by atoms with Crippen LogP contribution in [0, 0.1) is 12.7 Å². The Labute approximate surface area is 149 Å². The fraction of sp³-hybridized carbons (Fsp3) is 0.100. The Morgan fingerprint density at radius 1 is 1.00 bits per heavy atom. The zero-order chi connectivity index (χ0) is 18.1. The van der Waals surface area contributed by atoms with E-state index in [9.17, 15) is 4.39 Å². The lowest BCUT2D eigenvalue weighted by Crippen LogP contribution is -1.98. The quantitative estimate of drug-likeness (QED) is 0.555. The summed E-state index contributed by atoms with van der Waals surface area (Å²) in [6.07, 6.45) is 0. The van der Waals surface area contributed by atoms with Crippen molar-refractivity contribution in [1.29, 1.82) is 0 Å². The van der Waals surface area contributed by atoms with Crippen molar-refractivity contribution >= 4 is 22.4 Å². The normalized spacial score (nSPS) is 10.9. The molecule has 0 fully saturated rings. The van der Waals surface area contributed by atoms with Crippen LogP contribution in [-0.4, -0.2) is 22.3 Å². The van der Waals surface area contributed by atoms with Gasteiger partial charge < -0.3 is 10.1 Å². The summed E-state index contributed by atoms with van der Waals surface area (Å²) in [4.78, 5) is 4.65. The molecule has 0 saturated heterocycles. The fourth-order valence-electron chi connectivity index (χ4n) is 2.96. The summed E-state index contributed by atoms with van der Waals surface area (Å²) < 4.78 is 19.9. The van der Waals surface area contributed by atoms with E-state index in [-0.39, 0.29) is 5.82 Å². The second-order valence-corrected chi connectivity index (χ2v) is 5.95. The van der Waals surface area contributed by atoms with Gasteiger partial charge in [0.2, 0.25) is 0 Å². The molecule has 5 nitrogen and oxygen atoms in total. The summed E-state index contributed by atoms with van der Waals surface area (Å²) in [6, 6.07) is 16.0. The molecule has 0 amide bonds. The average Bonchev–Trinajstić information content (AvgIpc) is 3.06. The number of nitrogens with one attached hydrogen (secondary N) is 2. The molecule has 0 aliphatic carbocycles. The zero-order valence-corrected chi connectivity index (χ0v) is 14.4. The fourth-order valence-corrected chi connectivity index (χ4v) is 2.96. The lowest BCUT2D eigenvalue weighted by atomic mass is 10.0. The summed E-state index contributed by atoms with van der Waals surface area (Å²) >= 11 is 0. The molecular weight excluding hydrogens is 331 g/mol. The summed E-state index contributed by atoms with van der Waals surface area (Å²) in [5.74, 6) is 1.58. The van der Waals surface area contributed by atoms with Gasteiger partial charge in [-0.25, -0.2) is 9.37 Å². The average molecular weight is 348 g/mol. The molecule has 0 atom stereocenters. The number of benzene rings is 2. The third-order valence-electron chi connectivity index (χ3n) is 4.15. The zero-order valence-electron chi connectivity index (χ0n) is 14.4. The number of methoxy groups -OCH3 is 1. The molecule has 0 spiro atoms. The molecule has 130 valence electrons. The van der Waals surface area contributed by atoms with Gasteiger partial charge in [-0.3, -0.25) is 5.10 Å². The number of hydrogen-bond donors (Lipinski definition) is 2. The van der Waals surface area contributed by atoms with Crippen LogP contribution in [-0.2, 0) is 0 Å². The summed E-state index contributed by atoms with van der Waals surface area (Å²) in [7, 11) is 1.61. The number of rotatable bonds is 4. The molecule has 2 aromatic heterocycles. The highest BCUT2D eigenvalue weighted by atomic mass is 19.1. The molecule has 6 heteroatoms. The van der Waals surface area contributed by atoms with Crippen LogP contribution in [0.4, 0.5) is 16.0 Å². The van der Waals surface area contributed by atoms with Crippen molar-refractivity contribution < 1.29 is 9.13 Å². The SMILES string of the molecule is COc1cccc2c(-c3ccccc3F)nc(Nc3cc(C)[nH]n3)cc12. The summed E-state index contributed by atoms with van der Waals surface area (Å²) in [5.41, 5.74) is 1.92. The number of pyridine rings is 1. The molecule has 26 heavy (non-hydrogen) atoms. The maximum atomic E-state index is 14.4. The highest BCUT2D eigenvalue weighted by Gasteiger charge is 2.15. The summed E-state index contributed by atoms with van der Waals surface area (Å²) in [6.45, 7) is 1.92. The molecule has 0 radical (unpaired) electrons. The highest BCUT2D eigenvalue weighted by Crippen LogP contribution is 2.35. The van der Waals surface area contributed by atoms with Gasteiger partial charge in [-0.15, -0.1) is 0 Å². The van der Waals surface area contributed by atoms with E-state index in [1.54, 1.807) is 25.3 Å². The molecule has 0 saturated carbocycles. The van der Waals surface area contributed by atoms with Gasteiger partial charge in [0.15, 0.2) is 5.82 Å². The van der Waals surface area contributed by atoms with Crippen LogP contribution in [0.1, 0.15) is 5.69 Å². The third kappa shape index (κ3) is 2.86. The number of anilines is 2. The standard InChI is InChI=1S/C20H17FN4O/c1-12-10-19(25-24-12)22-18-11-15-13(7-5-9-17(15)26-2)20(23-18)14-6-3-4-8-16(14)21/h3-11H,1-2H3,(H2,22,23,24,25). The second kappa shape index (κ2) is 6.48. The minimum atomic E-state index is -0.322. The van der Waals surface area contributed by atoms with E-state index < -0.39 is 0 Å². The van der Waals surface area contributed by atoms with Crippen LogP contribution in [0.3, 0.4) is 0 Å². The first-order valence-corrected chi connectivity index (χ1v) is 8.17. The van der Waals surface area contributed by atoms with Crippen LogP contribution in [0.5, 0.6) is 5.75 Å². The molecule has 0 aliphatic heterocycles. The van der Waals surface area contributed by atoms with E-state index >= 15 is 0 Å². The van der Waals surface area contributed by atoms with Gasteiger partial charge in [0, 0.05) is 28.1 Å². The topological polar surface area (TPSA) is 62.8 Å². The first kappa shape index (κ1) is 16.1. The van der Waals surface area contributed by atoms with Crippen molar-refractivity contribution in [3.8, 4) is 17.0 Å². The molecule has 2 N–H and O–H groups in total. The van der Waals surface area contributed by atoms with Crippen molar-refractivity contribution in [2.75, 3.05) is 12.4 Å².